The van der Waals surface area contributed by atoms with Gasteiger partial charge in [0.2, 0.25) is 23.0 Å². The molecule has 3 heterocycles. The van der Waals surface area contributed by atoms with Gasteiger partial charge in [0.15, 0.2) is 33.6 Å². The number of rotatable bonds is 12. The SMILES string of the molecule is Cc1ccc(Oc2c(Oc3ccc(C)cc3)c(Oc3ccc(C)cc3)c3c(nnn3O)c2OP(=O)(Oc2cccc3c2nnn3O)Oc2cccc3c2nnn3O)cc1. The highest BCUT2D eigenvalue weighted by Crippen LogP contribution is 2.60. The number of hydrogen-bond donors (Lipinski definition) is 3. The zero-order valence-corrected chi connectivity index (χ0v) is 32.0. The van der Waals surface area contributed by atoms with Crippen LogP contribution in [0, 0.1) is 20.8 Å². The van der Waals surface area contributed by atoms with Crippen LogP contribution in [0.3, 0.4) is 0 Å². The summed E-state index contributed by atoms with van der Waals surface area (Å²) in [6, 6.07) is 29.9. The minimum atomic E-state index is -5.16. The van der Waals surface area contributed by atoms with Gasteiger partial charge in [-0.2, -0.15) is 4.57 Å². The Kier molecular flexibility index (Phi) is 8.97. The van der Waals surface area contributed by atoms with Crippen molar-refractivity contribution in [2.75, 3.05) is 0 Å². The van der Waals surface area contributed by atoms with Crippen LogP contribution in [0.25, 0.3) is 33.1 Å². The molecule has 296 valence electrons. The van der Waals surface area contributed by atoms with E-state index in [0.29, 0.717) is 26.0 Å². The van der Waals surface area contributed by atoms with Gasteiger partial charge in [0.25, 0.3) is 0 Å². The van der Waals surface area contributed by atoms with Crippen LogP contribution < -0.4 is 27.8 Å². The second-order valence-corrected chi connectivity index (χ2v) is 14.6. The Balaban J connectivity index is 1.30. The zero-order chi connectivity index (χ0) is 40.8. The maximum absolute atomic E-state index is 15.5. The van der Waals surface area contributed by atoms with Crippen molar-refractivity contribution < 1.29 is 48.0 Å². The van der Waals surface area contributed by atoms with Crippen LogP contribution in [0.15, 0.2) is 109 Å². The van der Waals surface area contributed by atoms with Crippen LogP contribution >= 0.6 is 7.82 Å². The van der Waals surface area contributed by atoms with Crippen molar-refractivity contribution in [1.29, 1.82) is 0 Å². The molecule has 20 heteroatoms. The fourth-order valence-corrected chi connectivity index (χ4v) is 7.24. The third-order valence-electron chi connectivity index (χ3n) is 8.89. The highest BCUT2D eigenvalue weighted by Gasteiger charge is 2.41. The first kappa shape index (κ1) is 36.6. The van der Waals surface area contributed by atoms with Gasteiger partial charge in [-0.25, -0.2) is 0 Å². The quantitative estimate of drug-likeness (QED) is 0.0775. The average Bonchev–Trinajstić information content (AvgIpc) is 3.93. The first-order valence-electron chi connectivity index (χ1n) is 17.7. The molecule has 0 saturated heterocycles. The number of hydrogen-bond acceptors (Lipinski definition) is 16. The number of ether oxygens (including phenoxy) is 3. The van der Waals surface area contributed by atoms with Gasteiger partial charge in [-0.15, -0.1) is 15.3 Å². The van der Waals surface area contributed by atoms with E-state index in [1.54, 1.807) is 36.4 Å². The van der Waals surface area contributed by atoms with Gasteiger partial charge in [-0.1, -0.05) is 79.8 Å². The fraction of sp³-hybridized carbons (Fsp3) is 0.0769. The smallest absolute Gasteiger partial charge is 0.451 e. The van der Waals surface area contributed by atoms with Gasteiger partial charge >= 0.3 is 7.82 Å². The maximum Gasteiger partial charge on any atom is 0.647 e. The Hall–Kier alpha value is -8.05. The first-order chi connectivity index (χ1) is 28.5. The van der Waals surface area contributed by atoms with E-state index >= 15 is 4.57 Å². The monoisotopic (exact) mass is 815 g/mol. The molecule has 3 N–H and O–H groups in total. The molecule has 9 aromatic rings. The summed E-state index contributed by atoms with van der Waals surface area (Å²) in [6.07, 6.45) is 0. The Labute approximate surface area is 332 Å². The summed E-state index contributed by atoms with van der Waals surface area (Å²) in [6.45, 7) is 5.73. The fourth-order valence-electron chi connectivity index (χ4n) is 5.96. The molecule has 0 aliphatic rings. The van der Waals surface area contributed by atoms with Gasteiger partial charge in [-0.3, -0.25) is 0 Å². The van der Waals surface area contributed by atoms with Crippen molar-refractivity contribution in [3.63, 3.8) is 0 Å². The lowest BCUT2D eigenvalue weighted by Crippen LogP contribution is -2.10. The minimum Gasteiger partial charge on any atom is -0.451 e. The Bertz CT molecular complexity index is 2970. The van der Waals surface area contributed by atoms with E-state index in [1.807, 2.05) is 57.2 Å². The van der Waals surface area contributed by atoms with Gasteiger partial charge < -0.3 is 43.4 Å². The molecule has 6 aromatic carbocycles. The lowest BCUT2D eigenvalue weighted by Gasteiger charge is -2.23. The van der Waals surface area contributed by atoms with Crippen molar-refractivity contribution in [1.82, 2.24) is 45.5 Å². The number of phosphoric ester groups is 1. The molecule has 0 radical (unpaired) electrons. The summed E-state index contributed by atoms with van der Waals surface area (Å²) >= 11 is 0. The van der Waals surface area contributed by atoms with Gasteiger partial charge in [0.05, 0.1) is 0 Å². The predicted molar refractivity (Wildman–Crippen MR) is 207 cm³/mol. The van der Waals surface area contributed by atoms with Crippen molar-refractivity contribution in [2.45, 2.75) is 20.8 Å². The summed E-state index contributed by atoms with van der Waals surface area (Å²) in [5.74, 6) is -0.437. The van der Waals surface area contributed by atoms with E-state index in [1.165, 1.54) is 36.4 Å². The Morgan fingerprint density at radius 3 is 1.31 bits per heavy atom. The third kappa shape index (κ3) is 7.02. The first-order valence-corrected chi connectivity index (χ1v) is 19.1. The molecular weight excluding hydrogens is 785 g/mol. The van der Waals surface area contributed by atoms with Crippen molar-refractivity contribution in [2.24, 2.45) is 0 Å². The van der Waals surface area contributed by atoms with Gasteiger partial charge in [0, 0.05) is 0 Å². The average molecular weight is 816 g/mol. The van der Waals surface area contributed by atoms with E-state index in [0.717, 1.165) is 16.7 Å². The second-order valence-electron chi connectivity index (χ2n) is 13.2. The highest BCUT2D eigenvalue weighted by atomic mass is 31.2. The Morgan fingerprint density at radius 2 is 0.847 bits per heavy atom. The van der Waals surface area contributed by atoms with Crippen LogP contribution in [-0.2, 0) is 4.57 Å². The van der Waals surface area contributed by atoms with Crippen LogP contribution in [0.1, 0.15) is 16.7 Å². The normalized spacial score (nSPS) is 11.6. The summed E-state index contributed by atoms with van der Waals surface area (Å²) < 4.78 is 53.6. The van der Waals surface area contributed by atoms with E-state index in [-0.39, 0.29) is 67.6 Å². The molecule has 0 spiro atoms. The molecule has 0 amide bonds. The van der Waals surface area contributed by atoms with E-state index in [9.17, 15) is 15.6 Å². The van der Waals surface area contributed by atoms with E-state index in [2.05, 4.69) is 30.9 Å². The summed E-state index contributed by atoms with van der Waals surface area (Å²) in [5, 5.41) is 55.1. The number of aryl methyl sites for hydroxylation is 3. The Morgan fingerprint density at radius 1 is 0.458 bits per heavy atom. The largest absolute Gasteiger partial charge is 0.647 e. The van der Waals surface area contributed by atoms with Crippen LogP contribution in [0.4, 0.5) is 0 Å². The summed E-state index contributed by atoms with van der Waals surface area (Å²) in [5.41, 5.74) is 2.57. The predicted octanol–water partition coefficient (Wildman–Crippen LogP) is 8.58. The number of nitrogens with zero attached hydrogens (tertiary/aromatic N) is 9. The van der Waals surface area contributed by atoms with Crippen molar-refractivity contribution >= 4 is 40.9 Å². The topological polar surface area (TPSA) is 225 Å². The molecular formula is C39H30N9O10P. The highest BCUT2D eigenvalue weighted by molar-refractivity contribution is 7.49. The standard InChI is InChI=1S/C39H30N9O10P/c1-22-10-16-25(17-11-22)53-37-35-34(42-45-48(35)51)36(38(54-26-18-12-23(2)13-19-26)39(37)55-27-20-14-24(3)15-21-27)58-59(52,56-30-8-4-6-28-32(30)40-43-46(28)49)57-31-9-5-7-29-33(31)41-44-47(29)50/h4-21,49-51H,1-3H3. The maximum atomic E-state index is 15.5. The van der Waals surface area contributed by atoms with Gasteiger partial charge in [0.1, 0.15) is 28.3 Å². The van der Waals surface area contributed by atoms with Crippen molar-refractivity contribution in [3.05, 3.63) is 126 Å². The number of phosphoric acid groups is 1. The van der Waals surface area contributed by atoms with Crippen molar-refractivity contribution in [3.8, 4) is 51.7 Å². The second kappa shape index (κ2) is 14.5. The number of benzene rings is 6. The molecule has 0 saturated carbocycles. The minimum absolute atomic E-state index is 0.0187. The third-order valence-corrected chi connectivity index (χ3v) is 10.1. The summed E-state index contributed by atoms with van der Waals surface area (Å²) in [7, 11) is -5.16. The summed E-state index contributed by atoms with van der Waals surface area (Å²) in [4.78, 5) is 1.46. The molecule has 0 bridgehead atoms. The molecule has 0 atom stereocenters. The van der Waals surface area contributed by atoms with Crippen LogP contribution in [0.5, 0.6) is 51.7 Å². The lowest BCUT2D eigenvalue weighted by atomic mass is 10.2. The van der Waals surface area contributed by atoms with E-state index in [4.69, 9.17) is 27.8 Å². The molecule has 9 rings (SSSR count). The molecule has 0 aliphatic carbocycles. The molecule has 59 heavy (non-hydrogen) atoms. The van der Waals surface area contributed by atoms with E-state index < -0.39 is 13.6 Å². The molecule has 0 fully saturated rings. The molecule has 3 aromatic heterocycles. The van der Waals surface area contributed by atoms with Crippen LogP contribution in [0.2, 0.25) is 0 Å². The number of aromatic nitrogens is 9. The number of fused-ring (bicyclic) bond motifs is 3. The molecule has 0 aliphatic heterocycles. The molecule has 0 unspecified atom stereocenters. The lowest BCUT2D eigenvalue weighted by molar-refractivity contribution is 0.153. The molecule has 19 nitrogen and oxygen atoms in total. The van der Waals surface area contributed by atoms with Gasteiger partial charge in [-0.05, 0) is 97.1 Å². The van der Waals surface area contributed by atoms with Crippen LogP contribution in [-0.4, -0.2) is 61.1 Å². The zero-order valence-electron chi connectivity index (χ0n) is 31.1.